The minimum atomic E-state index is -3.52. The van der Waals surface area contributed by atoms with Gasteiger partial charge in [-0.2, -0.15) is 4.31 Å². The molecule has 0 fully saturated rings. The molecule has 0 saturated carbocycles. The highest BCUT2D eigenvalue weighted by molar-refractivity contribution is 7.89. The molecule has 0 N–H and O–H groups in total. The predicted molar refractivity (Wildman–Crippen MR) is 108 cm³/mol. The molecular weight excluding hydrogens is 396 g/mol. The molecule has 2 aromatic carbocycles. The van der Waals surface area contributed by atoms with Gasteiger partial charge in [0.1, 0.15) is 6.61 Å². The quantitative estimate of drug-likeness (QED) is 0.267. The van der Waals surface area contributed by atoms with Crippen LogP contribution < -0.4 is 0 Å². The standard InChI is InChI=1S/C20H22N2O6S/c1-3-21(4-2)29(26,27)19-12-7-16(8-13-19)9-14-20(23)28-15-17-5-10-18(11-6-17)22(24)25/h5-14H,3-4,15H2,1-2H3. The Kier molecular flexibility index (Phi) is 7.63. The number of hydrogen-bond acceptors (Lipinski definition) is 6. The number of benzene rings is 2. The summed E-state index contributed by atoms with van der Waals surface area (Å²) in [5.41, 5.74) is 1.24. The van der Waals surface area contributed by atoms with Gasteiger partial charge in [0.25, 0.3) is 5.69 Å². The molecule has 8 nitrogen and oxygen atoms in total. The molecule has 0 aliphatic rings. The molecule has 0 radical (unpaired) electrons. The third-order valence-corrected chi connectivity index (χ3v) is 6.23. The zero-order valence-corrected chi connectivity index (χ0v) is 17.0. The molecular formula is C20H22N2O6S. The number of ether oxygens (including phenoxy) is 1. The predicted octanol–water partition coefficient (Wildman–Crippen LogP) is 3.38. The molecule has 0 unspecified atom stereocenters. The van der Waals surface area contributed by atoms with Crippen LogP contribution in [0.25, 0.3) is 6.08 Å². The van der Waals surface area contributed by atoms with E-state index in [4.69, 9.17) is 4.74 Å². The molecule has 2 rings (SSSR count). The minimum Gasteiger partial charge on any atom is -0.458 e. The lowest BCUT2D eigenvalue weighted by atomic mass is 10.2. The van der Waals surface area contributed by atoms with Gasteiger partial charge in [0, 0.05) is 31.3 Å². The Balaban J connectivity index is 1.95. The molecule has 0 aliphatic heterocycles. The van der Waals surface area contributed by atoms with Crippen LogP contribution >= 0.6 is 0 Å². The first kappa shape index (κ1) is 22.3. The minimum absolute atomic E-state index is 0.0117. The number of non-ortho nitro benzene ring substituents is 1. The number of rotatable bonds is 9. The first-order chi connectivity index (χ1) is 13.8. The van der Waals surface area contributed by atoms with E-state index in [0.29, 0.717) is 24.2 Å². The maximum atomic E-state index is 12.4. The molecule has 0 heterocycles. The molecule has 0 spiro atoms. The van der Waals surface area contributed by atoms with Crippen LogP contribution in [0.15, 0.2) is 59.5 Å². The van der Waals surface area contributed by atoms with Crippen molar-refractivity contribution < 1.29 is 22.9 Å². The second-order valence-electron chi connectivity index (χ2n) is 6.02. The second kappa shape index (κ2) is 9.94. The van der Waals surface area contributed by atoms with Crippen molar-refractivity contribution in [2.75, 3.05) is 13.1 Å². The lowest BCUT2D eigenvalue weighted by molar-refractivity contribution is -0.384. The Morgan fingerprint density at radius 2 is 1.66 bits per heavy atom. The number of hydrogen-bond donors (Lipinski definition) is 0. The molecule has 0 atom stereocenters. The number of nitro benzene ring substituents is 1. The summed E-state index contributed by atoms with van der Waals surface area (Å²) < 4.78 is 31.4. The summed E-state index contributed by atoms with van der Waals surface area (Å²) in [5.74, 6) is -0.580. The average Bonchev–Trinajstić information content (AvgIpc) is 2.72. The second-order valence-corrected chi connectivity index (χ2v) is 7.96. The Morgan fingerprint density at radius 3 is 2.17 bits per heavy atom. The third kappa shape index (κ3) is 5.97. The zero-order chi connectivity index (χ0) is 21.4. The van der Waals surface area contributed by atoms with Crippen LogP contribution in [0.1, 0.15) is 25.0 Å². The smallest absolute Gasteiger partial charge is 0.331 e. The van der Waals surface area contributed by atoms with E-state index in [1.165, 1.54) is 52.9 Å². The molecule has 29 heavy (non-hydrogen) atoms. The molecule has 0 aromatic heterocycles. The van der Waals surface area contributed by atoms with Gasteiger partial charge in [-0.15, -0.1) is 0 Å². The maximum absolute atomic E-state index is 12.4. The highest BCUT2D eigenvalue weighted by Gasteiger charge is 2.20. The largest absolute Gasteiger partial charge is 0.458 e. The molecule has 0 aliphatic carbocycles. The van der Waals surface area contributed by atoms with Gasteiger partial charge >= 0.3 is 5.97 Å². The summed E-state index contributed by atoms with van der Waals surface area (Å²) in [5, 5.41) is 10.6. The Hall–Kier alpha value is -3.04. The first-order valence-corrected chi connectivity index (χ1v) is 10.4. The number of nitrogens with zero attached hydrogens (tertiary/aromatic N) is 2. The average molecular weight is 418 g/mol. The summed E-state index contributed by atoms with van der Waals surface area (Å²) in [4.78, 5) is 22.1. The van der Waals surface area contributed by atoms with Crippen molar-refractivity contribution in [2.24, 2.45) is 0 Å². The van der Waals surface area contributed by atoms with Crippen LogP contribution in [-0.2, 0) is 26.2 Å². The summed E-state index contributed by atoms with van der Waals surface area (Å²) in [7, 11) is -3.52. The zero-order valence-electron chi connectivity index (χ0n) is 16.1. The van der Waals surface area contributed by atoms with Crippen molar-refractivity contribution in [1.29, 1.82) is 0 Å². The Morgan fingerprint density at radius 1 is 1.07 bits per heavy atom. The highest BCUT2D eigenvalue weighted by Crippen LogP contribution is 2.17. The van der Waals surface area contributed by atoms with E-state index in [0.717, 1.165) is 0 Å². The van der Waals surface area contributed by atoms with E-state index in [1.807, 2.05) is 0 Å². The van der Waals surface area contributed by atoms with Crippen molar-refractivity contribution in [3.05, 3.63) is 75.8 Å². The molecule has 9 heteroatoms. The summed E-state index contributed by atoms with van der Waals surface area (Å²) >= 11 is 0. The van der Waals surface area contributed by atoms with Gasteiger partial charge in [-0.3, -0.25) is 10.1 Å². The van der Waals surface area contributed by atoms with Crippen LogP contribution in [-0.4, -0.2) is 36.7 Å². The molecule has 0 bridgehead atoms. The van der Waals surface area contributed by atoms with Gasteiger partial charge in [0.05, 0.1) is 9.82 Å². The highest BCUT2D eigenvalue weighted by atomic mass is 32.2. The first-order valence-electron chi connectivity index (χ1n) is 8.96. The van der Waals surface area contributed by atoms with E-state index in [1.54, 1.807) is 26.0 Å². The topological polar surface area (TPSA) is 107 Å². The lowest BCUT2D eigenvalue weighted by Crippen LogP contribution is -2.30. The summed E-state index contributed by atoms with van der Waals surface area (Å²) in [6.45, 7) is 4.32. The van der Waals surface area contributed by atoms with Gasteiger partial charge in [0.15, 0.2) is 0 Å². The lowest BCUT2D eigenvalue weighted by Gasteiger charge is -2.18. The maximum Gasteiger partial charge on any atom is 0.331 e. The van der Waals surface area contributed by atoms with Crippen molar-refractivity contribution in [3.8, 4) is 0 Å². The summed E-state index contributed by atoms with van der Waals surface area (Å²) in [6, 6.07) is 11.9. The normalized spacial score (nSPS) is 11.7. The van der Waals surface area contributed by atoms with Crippen LogP contribution in [0.4, 0.5) is 5.69 Å². The van der Waals surface area contributed by atoms with Gasteiger partial charge in [-0.05, 0) is 41.5 Å². The van der Waals surface area contributed by atoms with Gasteiger partial charge < -0.3 is 4.74 Å². The number of esters is 1. The molecule has 2 aromatic rings. The molecule has 154 valence electrons. The number of carbonyl (C=O) groups excluding carboxylic acids is 1. The Bertz CT molecular complexity index is 979. The SMILES string of the molecule is CCN(CC)S(=O)(=O)c1ccc(C=CC(=O)OCc2ccc([N+](=O)[O-])cc2)cc1. The van der Waals surface area contributed by atoms with Crippen LogP contribution in [0, 0.1) is 10.1 Å². The van der Waals surface area contributed by atoms with E-state index >= 15 is 0 Å². The van der Waals surface area contributed by atoms with Crippen LogP contribution in [0.3, 0.4) is 0 Å². The van der Waals surface area contributed by atoms with Crippen molar-refractivity contribution in [2.45, 2.75) is 25.3 Å². The fraction of sp³-hybridized carbons (Fsp3) is 0.250. The van der Waals surface area contributed by atoms with E-state index < -0.39 is 20.9 Å². The van der Waals surface area contributed by atoms with E-state index in [-0.39, 0.29) is 17.2 Å². The van der Waals surface area contributed by atoms with Crippen molar-refractivity contribution in [3.63, 3.8) is 0 Å². The van der Waals surface area contributed by atoms with Crippen molar-refractivity contribution in [1.82, 2.24) is 4.31 Å². The molecule has 0 amide bonds. The molecule has 0 saturated heterocycles. The monoisotopic (exact) mass is 418 g/mol. The Labute approximate surface area is 169 Å². The van der Waals surface area contributed by atoms with Crippen LogP contribution in [0.5, 0.6) is 0 Å². The van der Waals surface area contributed by atoms with Gasteiger partial charge in [-0.25, -0.2) is 13.2 Å². The van der Waals surface area contributed by atoms with E-state index in [9.17, 15) is 23.3 Å². The van der Waals surface area contributed by atoms with Gasteiger partial charge in [-0.1, -0.05) is 26.0 Å². The van der Waals surface area contributed by atoms with Crippen LogP contribution in [0.2, 0.25) is 0 Å². The van der Waals surface area contributed by atoms with E-state index in [2.05, 4.69) is 0 Å². The van der Waals surface area contributed by atoms with Gasteiger partial charge in [0.2, 0.25) is 10.0 Å². The fourth-order valence-corrected chi connectivity index (χ4v) is 4.00. The van der Waals surface area contributed by atoms with Crippen molar-refractivity contribution >= 4 is 27.8 Å². The number of nitro groups is 1. The summed E-state index contributed by atoms with van der Waals surface area (Å²) in [6.07, 6.45) is 2.76. The fourth-order valence-electron chi connectivity index (χ4n) is 2.54. The third-order valence-electron chi connectivity index (χ3n) is 4.16. The number of carbonyl (C=O) groups is 1. The number of sulfonamides is 1.